The Kier molecular flexibility index (Phi) is 6.47. The molecule has 0 amide bonds. The summed E-state index contributed by atoms with van der Waals surface area (Å²) in [5.41, 5.74) is 0.528. The van der Waals surface area contributed by atoms with Gasteiger partial charge in [-0.05, 0) is 48.5 Å². The zero-order valence-electron chi connectivity index (χ0n) is 13.2. The van der Waals surface area contributed by atoms with Gasteiger partial charge in [0, 0.05) is 0 Å². The average molecular weight is 327 g/mol. The van der Waals surface area contributed by atoms with Crippen molar-refractivity contribution in [3.8, 4) is 23.3 Å². The zero-order valence-corrected chi connectivity index (χ0v) is 13.2. The second-order valence-electron chi connectivity index (χ2n) is 4.67. The molecule has 0 atom stereocenters. The maximum atomic E-state index is 11.6. The molecule has 0 aliphatic carbocycles. The van der Waals surface area contributed by atoms with Gasteiger partial charge in [-0.25, -0.2) is 4.79 Å². The SMILES string of the molecule is COc1ccc(OCCOC(=O)COc2ccc(C#N)cc2)cc1. The van der Waals surface area contributed by atoms with E-state index in [9.17, 15) is 4.79 Å². The van der Waals surface area contributed by atoms with Crippen LogP contribution in [0.2, 0.25) is 0 Å². The third-order valence-electron chi connectivity index (χ3n) is 3.01. The number of methoxy groups -OCH3 is 1. The summed E-state index contributed by atoms with van der Waals surface area (Å²) in [6.07, 6.45) is 0. The molecule has 2 rings (SSSR count). The van der Waals surface area contributed by atoms with Crippen molar-refractivity contribution in [1.82, 2.24) is 0 Å². The van der Waals surface area contributed by atoms with Gasteiger partial charge in [0.15, 0.2) is 6.61 Å². The molecule has 0 saturated heterocycles. The highest BCUT2D eigenvalue weighted by molar-refractivity contribution is 5.71. The molecule has 2 aromatic rings. The first kappa shape index (κ1) is 17.2. The van der Waals surface area contributed by atoms with E-state index in [1.165, 1.54) is 0 Å². The molecule has 0 spiro atoms. The largest absolute Gasteiger partial charge is 0.497 e. The summed E-state index contributed by atoms with van der Waals surface area (Å²) in [6.45, 7) is 0.172. The van der Waals surface area contributed by atoms with Gasteiger partial charge >= 0.3 is 5.97 Å². The van der Waals surface area contributed by atoms with Gasteiger partial charge in [0.05, 0.1) is 18.7 Å². The molecular formula is C18H17NO5. The van der Waals surface area contributed by atoms with E-state index in [0.29, 0.717) is 17.1 Å². The predicted molar refractivity (Wildman–Crippen MR) is 86.1 cm³/mol. The molecule has 0 radical (unpaired) electrons. The molecule has 0 aliphatic rings. The minimum Gasteiger partial charge on any atom is -0.497 e. The van der Waals surface area contributed by atoms with Crippen molar-refractivity contribution in [1.29, 1.82) is 5.26 Å². The molecule has 0 fully saturated rings. The monoisotopic (exact) mass is 327 g/mol. The van der Waals surface area contributed by atoms with Crippen LogP contribution in [-0.2, 0) is 9.53 Å². The Morgan fingerprint density at radius 3 is 2.12 bits per heavy atom. The van der Waals surface area contributed by atoms with Gasteiger partial charge in [-0.3, -0.25) is 0 Å². The van der Waals surface area contributed by atoms with E-state index in [-0.39, 0.29) is 19.8 Å². The number of benzene rings is 2. The number of nitriles is 1. The number of nitrogens with zero attached hydrogens (tertiary/aromatic N) is 1. The maximum absolute atomic E-state index is 11.6. The molecule has 0 unspecified atom stereocenters. The lowest BCUT2D eigenvalue weighted by Crippen LogP contribution is -2.18. The second kappa shape index (κ2) is 9.06. The van der Waals surface area contributed by atoms with Crippen LogP contribution < -0.4 is 14.2 Å². The maximum Gasteiger partial charge on any atom is 0.344 e. The second-order valence-corrected chi connectivity index (χ2v) is 4.67. The number of hydrogen-bond acceptors (Lipinski definition) is 6. The summed E-state index contributed by atoms with van der Waals surface area (Å²) in [5.74, 6) is 1.42. The highest BCUT2D eigenvalue weighted by Crippen LogP contribution is 2.16. The van der Waals surface area contributed by atoms with E-state index in [2.05, 4.69) is 0 Å². The van der Waals surface area contributed by atoms with Crippen LogP contribution in [0, 0.1) is 11.3 Å². The van der Waals surface area contributed by atoms with Crippen molar-refractivity contribution in [3.63, 3.8) is 0 Å². The normalized spacial score (nSPS) is 9.67. The molecule has 6 nitrogen and oxygen atoms in total. The van der Waals surface area contributed by atoms with Crippen LogP contribution in [0.3, 0.4) is 0 Å². The quantitative estimate of drug-likeness (QED) is 0.548. The summed E-state index contributed by atoms with van der Waals surface area (Å²) in [5, 5.41) is 8.69. The van der Waals surface area contributed by atoms with Gasteiger partial charge in [-0.2, -0.15) is 5.26 Å². The van der Waals surface area contributed by atoms with Crippen molar-refractivity contribution in [2.45, 2.75) is 0 Å². The Morgan fingerprint density at radius 1 is 0.917 bits per heavy atom. The number of hydrogen-bond donors (Lipinski definition) is 0. The number of rotatable bonds is 8. The van der Waals surface area contributed by atoms with Crippen molar-refractivity contribution in [2.24, 2.45) is 0 Å². The highest BCUT2D eigenvalue weighted by atomic mass is 16.6. The van der Waals surface area contributed by atoms with Gasteiger partial charge < -0.3 is 18.9 Å². The van der Waals surface area contributed by atoms with Crippen LogP contribution in [0.5, 0.6) is 17.2 Å². The minimum absolute atomic E-state index is 0.127. The lowest BCUT2D eigenvalue weighted by atomic mass is 10.2. The minimum atomic E-state index is -0.488. The lowest BCUT2D eigenvalue weighted by molar-refractivity contribution is -0.146. The number of carbonyl (C=O) groups is 1. The van der Waals surface area contributed by atoms with Crippen LogP contribution in [0.4, 0.5) is 0 Å². The smallest absolute Gasteiger partial charge is 0.344 e. The van der Waals surface area contributed by atoms with E-state index in [4.69, 9.17) is 24.2 Å². The molecule has 2 aromatic carbocycles. The first-order valence-corrected chi connectivity index (χ1v) is 7.26. The summed E-state index contributed by atoms with van der Waals surface area (Å²) in [6, 6.07) is 15.6. The van der Waals surface area contributed by atoms with Gasteiger partial charge in [0.1, 0.15) is 30.5 Å². The van der Waals surface area contributed by atoms with E-state index in [1.807, 2.05) is 6.07 Å². The topological polar surface area (TPSA) is 77.8 Å². The van der Waals surface area contributed by atoms with Crippen molar-refractivity contribution >= 4 is 5.97 Å². The Bertz CT molecular complexity index is 689. The fourth-order valence-electron chi connectivity index (χ4n) is 1.80. The fraction of sp³-hybridized carbons (Fsp3) is 0.222. The molecule has 124 valence electrons. The standard InChI is InChI=1S/C18H17NO5/c1-21-15-6-8-16(9-7-15)22-10-11-23-18(20)13-24-17-4-2-14(12-19)3-5-17/h2-9H,10-11,13H2,1H3. The summed E-state index contributed by atoms with van der Waals surface area (Å²) in [7, 11) is 1.59. The Labute approximate surface area is 140 Å². The Hall–Kier alpha value is -3.20. The van der Waals surface area contributed by atoms with E-state index >= 15 is 0 Å². The van der Waals surface area contributed by atoms with Crippen LogP contribution in [0.25, 0.3) is 0 Å². The average Bonchev–Trinajstić information content (AvgIpc) is 2.64. The van der Waals surface area contributed by atoms with Crippen molar-refractivity contribution in [3.05, 3.63) is 54.1 Å². The number of carbonyl (C=O) groups excluding carboxylic acids is 1. The first-order chi connectivity index (χ1) is 11.7. The highest BCUT2D eigenvalue weighted by Gasteiger charge is 2.05. The molecule has 24 heavy (non-hydrogen) atoms. The van der Waals surface area contributed by atoms with Gasteiger partial charge in [0.2, 0.25) is 0 Å². The third-order valence-corrected chi connectivity index (χ3v) is 3.01. The van der Waals surface area contributed by atoms with E-state index in [1.54, 1.807) is 55.6 Å². The van der Waals surface area contributed by atoms with Crippen LogP contribution >= 0.6 is 0 Å². The van der Waals surface area contributed by atoms with Crippen molar-refractivity contribution < 1.29 is 23.7 Å². The van der Waals surface area contributed by atoms with Crippen LogP contribution in [0.15, 0.2) is 48.5 Å². The Balaban J connectivity index is 1.63. The van der Waals surface area contributed by atoms with E-state index in [0.717, 1.165) is 5.75 Å². The van der Waals surface area contributed by atoms with Gasteiger partial charge in [0.25, 0.3) is 0 Å². The molecule has 0 aliphatic heterocycles. The first-order valence-electron chi connectivity index (χ1n) is 7.26. The third kappa shape index (κ3) is 5.54. The molecule has 0 saturated carbocycles. The van der Waals surface area contributed by atoms with Gasteiger partial charge in [-0.15, -0.1) is 0 Å². The molecule has 0 heterocycles. The summed E-state index contributed by atoms with van der Waals surface area (Å²) < 4.78 is 20.8. The molecule has 0 aromatic heterocycles. The summed E-state index contributed by atoms with van der Waals surface area (Å²) >= 11 is 0. The molecular weight excluding hydrogens is 310 g/mol. The van der Waals surface area contributed by atoms with Crippen LogP contribution in [0.1, 0.15) is 5.56 Å². The summed E-state index contributed by atoms with van der Waals surface area (Å²) in [4.78, 5) is 11.6. The fourth-order valence-corrected chi connectivity index (χ4v) is 1.80. The predicted octanol–water partition coefficient (Wildman–Crippen LogP) is 2.57. The molecule has 0 N–H and O–H groups in total. The van der Waals surface area contributed by atoms with Crippen molar-refractivity contribution in [2.75, 3.05) is 26.9 Å². The number of ether oxygens (including phenoxy) is 4. The molecule has 6 heteroatoms. The molecule has 0 bridgehead atoms. The van der Waals surface area contributed by atoms with Gasteiger partial charge in [-0.1, -0.05) is 0 Å². The van der Waals surface area contributed by atoms with E-state index < -0.39 is 5.97 Å². The Morgan fingerprint density at radius 2 is 1.50 bits per heavy atom. The van der Waals surface area contributed by atoms with Crippen LogP contribution in [-0.4, -0.2) is 32.9 Å². The number of esters is 1. The zero-order chi connectivity index (χ0) is 17.2. The lowest BCUT2D eigenvalue weighted by Gasteiger charge is -2.09.